The van der Waals surface area contributed by atoms with Crippen molar-refractivity contribution in [1.29, 1.82) is 0 Å². The minimum Gasteiger partial charge on any atom is -0.399 e. The lowest BCUT2D eigenvalue weighted by molar-refractivity contribution is -0.117. The summed E-state index contributed by atoms with van der Waals surface area (Å²) >= 11 is 1.75. The van der Waals surface area contributed by atoms with Crippen LogP contribution in [0.25, 0.3) is 0 Å². The molecule has 0 aliphatic rings. The first-order valence-corrected chi connectivity index (χ1v) is 7.79. The highest BCUT2D eigenvalue weighted by Gasteiger charge is 2.08. The molecule has 1 aromatic carbocycles. The Kier molecular flexibility index (Phi) is 5.36. The van der Waals surface area contributed by atoms with Gasteiger partial charge in [-0.1, -0.05) is 6.07 Å². The van der Waals surface area contributed by atoms with Crippen molar-refractivity contribution in [3.05, 3.63) is 46.2 Å². The lowest BCUT2D eigenvalue weighted by Crippen LogP contribution is -2.31. The number of hydrogen-bond acceptors (Lipinski definition) is 4. The van der Waals surface area contributed by atoms with Crippen LogP contribution in [0.5, 0.6) is 0 Å². The second kappa shape index (κ2) is 7.24. The monoisotopic (exact) mass is 303 g/mol. The smallest absolute Gasteiger partial charge is 0.238 e. The van der Waals surface area contributed by atoms with E-state index in [0.717, 1.165) is 24.2 Å². The highest BCUT2D eigenvalue weighted by molar-refractivity contribution is 7.09. The number of anilines is 2. The summed E-state index contributed by atoms with van der Waals surface area (Å²) < 4.78 is 0. The standard InChI is InChI=1S/C16H21N3OS/c1-12-10-13(17)5-6-15(12)18-16(20)11-19(2)8-7-14-4-3-9-21-14/h3-6,9-10H,7-8,11,17H2,1-2H3,(H,18,20). The van der Waals surface area contributed by atoms with Crippen LogP contribution < -0.4 is 11.1 Å². The summed E-state index contributed by atoms with van der Waals surface area (Å²) in [6, 6.07) is 9.67. The molecule has 0 aliphatic carbocycles. The van der Waals surface area contributed by atoms with Crippen molar-refractivity contribution in [3.63, 3.8) is 0 Å². The quantitative estimate of drug-likeness (QED) is 0.807. The predicted octanol–water partition coefficient (Wildman–Crippen LogP) is 2.75. The maximum Gasteiger partial charge on any atom is 0.238 e. The van der Waals surface area contributed by atoms with Crippen LogP contribution in [0.1, 0.15) is 10.4 Å². The fraction of sp³-hybridized carbons (Fsp3) is 0.312. The largest absolute Gasteiger partial charge is 0.399 e. The molecule has 0 saturated heterocycles. The number of amides is 1. The van der Waals surface area contributed by atoms with Crippen LogP contribution in [0, 0.1) is 6.92 Å². The average Bonchev–Trinajstić information content (AvgIpc) is 2.93. The molecule has 21 heavy (non-hydrogen) atoms. The Labute approximate surface area is 129 Å². The summed E-state index contributed by atoms with van der Waals surface area (Å²) in [7, 11) is 1.96. The molecule has 4 nitrogen and oxygen atoms in total. The van der Waals surface area contributed by atoms with E-state index in [1.807, 2.05) is 31.0 Å². The number of nitrogens with one attached hydrogen (secondary N) is 1. The van der Waals surface area contributed by atoms with E-state index >= 15 is 0 Å². The number of nitrogens with two attached hydrogens (primary N) is 1. The fourth-order valence-corrected chi connectivity index (χ4v) is 2.80. The van der Waals surface area contributed by atoms with Gasteiger partial charge >= 0.3 is 0 Å². The van der Waals surface area contributed by atoms with Crippen molar-refractivity contribution < 1.29 is 4.79 Å². The van der Waals surface area contributed by atoms with Crippen LogP contribution >= 0.6 is 11.3 Å². The summed E-state index contributed by atoms with van der Waals surface area (Å²) in [5, 5.41) is 5.00. The van der Waals surface area contributed by atoms with Crippen molar-refractivity contribution in [2.24, 2.45) is 0 Å². The Balaban J connectivity index is 1.80. The van der Waals surface area contributed by atoms with Gasteiger partial charge in [0.1, 0.15) is 0 Å². The van der Waals surface area contributed by atoms with Crippen molar-refractivity contribution in [3.8, 4) is 0 Å². The number of thiophene rings is 1. The first-order chi connectivity index (χ1) is 10.0. The predicted molar refractivity (Wildman–Crippen MR) is 89.7 cm³/mol. The van der Waals surface area contributed by atoms with E-state index in [2.05, 4.69) is 22.8 Å². The molecule has 2 rings (SSSR count). The van der Waals surface area contributed by atoms with Gasteiger partial charge in [-0.3, -0.25) is 9.69 Å². The third-order valence-corrected chi connectivity index (χ3v) is 4.19. The van der Waals surface area contributed by atoms with Gasteiger partial charge in [0.15, 0.2) is 0 Å². The molecule has 0 saturated carbocycles. The molecule has 0 atom stereocenters. The number of nitrogens with zero attached hydrogens (tertiary/aromatic N) is 1. The molecule has 0 radical (unpaired) electrons. The first-order valence-electron chi connectivity index (χ1n) is 6.91. The zero-order valence-electron chi connectivity index (χ0n) is 12.4. The van der Waals surface area contributed by atoms with Crippen molar-refractivity contribution in [2.75, 3.05) is 31.2 Å². The van der Waals surface area contributed by atoms with E-state index in [4.69, 9.17) is 5.73 Å². The lowest BCUT2D eigenvalue weighted by Gasteiger charge is -2.16. The topological polar surface area (TPSA) is 58.4 Å². The number of benzene rings is 1. The van der Waals surface area contributed by atoms with E-state index in [-0.39, 0.29) is 5.91 Å². The Bertz CT molecular complexity index is 596. The Morgan fingerprint density at radius 2 is 2.19 bits per heavy atom. The van der Waals surface area contributed by atoms with Gasteiger partial charge in [-0.05, 0) is 55.6 Å². The molecule has 1 amide bonds. The van der Waals surface area contributed by atoms with Gasteiger partial charge in [0.2, 0.25) is 5.91 Å². The van der Waals surface area contributed by atoms with Crippen molar-refractivity contribution >= 4 is 28.6 Å². The number of nitrogen functional groups attached to an aromatic ring is 1. The van der Waals surface area contributed by atoms with Crippen LogP contribution in [0.3, 0.4) is 0 Å². The molecule has 112 valence electrons. The molecular weight excluding hydrogens is 282 g/mol. The molecule has 0 unspecified atom stereocenters. The molecule has 0 aliphatic heterocycles. The third kappa shape index (κ3) is 4.88. The van der Waals surface area contributed by atoms with E-state index in [1.54, 1.807) is 17.4 Å². The number of carbonyl (C=O) groups excluding carboxylic acids is 1. The van der Waals surface area contributed by atoms with Crippen LogP contribution in [-0.4, -0.2) is 30.9 Å². The number of likely N-dealkylation sites (N-methyl/N-ethyl adjacent to an activating group) is 1. The van der Waals surface area contributed by atoms with Crippen LogP contribution in [0.2, 0.25) is 0 Å². The van der Waals surface area contributed by atoms with Crippen molar-refractivity contribution in [2.45, 2.75) is 13.3 Å². The minimum atomic E-state index is -0.00319. The summed E-state index contributed by atoms with van der Waals surface area (Å²) in [5.41, 5.74) is 8.21. The molecule has 0 fully saturated rings. The highest BCUT2D eigenvalue weighted by atomic mass is 32.1. The second-order valence-corrected chi connectivity index (χ2v) is 6.22. The normalized spacial score (nSPS) is 10.8. The molecule has 1 aromatic heterocycles. The Hall–Kier alpha value is -1.85. The minimum absolute atomic E-state index is 0.00319. The summed E-state index contributed by atoms with van der Waals surface area (Å²) in [6.07, 6.45) is 0.975. The number of carbonyl (C=O) groups is 1. The summed E-state index contributed by atoms with van der Waals surface area (Å²) in [4.78, 5) is 15.4. The summed E-state index contributed by atoms with van der Waals surface area (Å²) in [6.45, 7) is 3.19. The van der Waals surface area contributed by atoms with E-state index in [9.17, 15) is 4.79 Å². The molecule has 2 aromatic rings. The van der Waals surface area contributed by atoms with Crippen LogP contribution in [0.15, 0.2) is 35.7 Å². The number of rotatable bonds is 6. The van der Waals surface area contributed by atoms with E-state index in [0.29, 0.717) is 12.2 Å². The number of hydrogen-bond donors (Lipinski definition) is 2. The maximum atomic E-state index is 12.0. The third-order valence-electron chi connectivity index (χ3n) is 3.26. The molecule has 5 heteroatoms. The first kappa shape index (κ1) is 15.5. The van der Waals surface area contributed by atoms with Gasteiger partial charge in [0, 0.05) is 22.8 Å². The fourth-order valence-electron chi connectivity index (χ4n) is 2.10. The van der Waals surface area contributed by atoms with Gasteiger partial charge in [0.05, 0.1) is 6.54 Å². The maximum absolute atomic E-state index is 12.0. The SMILES string of the molecule is Cc1cc(N)ccc1NC(=O)CN(C)CCc1cccs1. The van der Waals surface area contributed by atoms with E-state index in [1.165, 1.54) is 4.88 Å². The average molecular weight is 303 g/mol. The molecular formula is C16H21N3OS. The van der Waals surface area contributed by atoms with E-state index < -0.39 is 0 Å². The molecule has 0 bridgehead atoms. The molecule has 3 N–H and O–H groups in total. The van der Waals surface area contributed by atoms with Crippen LogP contribution in [-0.2, 0) is 11.2 Å². The number of aryl methyl sites for hydroxylation is 1. The van der Waals surface area contributed by atoms with Gasteiger partial charge < -0.3 is 11.1 Å². The van der Waals surface area contributed by atoms with Gasteiger partial charge in [-0.2, -0.15) is 0 Å². The zero-order valence-corrected chi connectivity index (χ0v) is 13.2. The molecule has 1 heterocycles. The zero-order chi connectivity index (χ0) is 15.2. The van der Waals surface area contributed by atoms with Gasteiger partial charge in [-0.25, -0.2) is 0 Å². The second-order valence-electron chi connectivity index (χ2n) is 5.19. The summed E-state index contributed by atoms with van der Waals surface area (Å²) in [5.74, 6) is -0.00319. The molecule has 0 spiro atoms. The Morgan fingerprint density at radius 3 is 2.86 bits per heavy atom. The van der Waals surface area contributed by atoms with Crippen molar-refractivity contribution in [1.82, 2.24) is 4.90 Å². The van der Waals surface area contributed by atoms with Gasteiger partial charge in [0.25, 0.3) is 0 Å². The Morgan fingerprint density at radius 1 is 1.38 bits per heavy atom. The lowest BCUT2D eigenvalue weighted by atomic mass is 10.2. The highest BCUT2D eigenvalue weighted by Crippen LogP contribution is 2.17. The van der Waals surface area contributed by atoms with Gasteiger partial charge in [-0.15, -0.1) is 11.3 Å². The van der Waals surface area contributed by atoms with Crippen LogP contribution in [0.4, 0.5) is 11.4 Å².